The molecule has 4 aromatic rings. The van der Waals surface area contributed by atoms with Crippen LogP contribution in [0.25, 0.3) is 21.8 Å². The first-order valence-electron chi connectivity index (χ1n) is 11.5. The van der Waals surface area contributed by atoms with Gasteiger partial charge in [0.1, 0.15) is 0 Å². The van der Waals surface area contributed by atoms with Crippen LogP contribution < -0.4 is 10.6 Å². The Morgan fingerprint density at radius 1 is 0.710 bits per heavy atom. The number of hydrogen-bond donors (Lipinski definition) is 2. The summed E-state index contributed by atoms with van der Waals surface area (Å²) in [7, 11) is 0. The Morgan fingerprint density at radius 3 is 2.03 bits per heavy atom. The van der Waals surface area contributed by atoms with E-state index in [1.54, 1.807) is 0 Å². The molecular weight excluding hydrogens is 380 g/mol. The van der Waals surface area contributed by atoms with Crippen molar-refractivity contribution in [2.75, 3.05) is 17.2 Å². The summed E-state index contributed by atoms with van der Waals surface area (Å²) < 4.78 is 0. The zero-order valence-corrected chi connectivity index (χ0v) is 18.0. The van der Waals surface area contributed by atoms with E-state index in [1.807, 2.05) is 18.5 Å². The van der Waals surface area contributed by atoms with Gasteiger partial charge in [-0.15, -0.1) is 0 Å². The van der Waals surface area contributed by atoms with Gasteiger partial charge in [-0.3, -0.25) is 9.97 Å². The minimum atomic E-state index is 0.216. The van der Waals surface area contributed by atoms with Crippen molar-refractivity contribution < 1.29 is 0 Å². The summed E-state index contributed by atoms with van der Waals surface area (Å²) in [6.45, 7) is 0.988. The van der Waals surface area contributed by atoms with Gasteiger partial charge >= 0.3 is 0 Å². The van der Waals surface area contributed by atoms with E-state index in [0.717, 1.165) is 24.0 Å². The number of anilines is 2. The molecule has 0 saturated heterocycles. The summed E-state index contributed by atoms with van der Waals surface area (Å²) in [6.07, 6.45) is 12.6. The molecule has 2 aromatic heterocycles. The number of hydrogen-bond acceptors (Lipinski definition) is 4. The summed E-state index contributed by atoms with van der Waals surface area (Å²) in [5, 5.41) is 10.0. The maximum absolute atomic E-state index is 4.52. The molecule has 2 aromatic carbocycles. The summed E-state index contributed by atoms with van der Waals surface area (Å²) in [5.74, 6) is 0. The number of nitrogens with one attached hydrogen (secondary N) is 2. The first-order valence-corrected chi connectivity index (χ1v) is 11.5. The molecule has 1 saturated carbocycles. The summed E-state index contributed by atoms with van der Waals surface area (Å²) in [6, 6.07) is 21.0. The Morgan fingerprint density at radius 2 is 1.32 bits per heavy atom. The van der Waals surface area contributed by atoms with Gasteiger partial charge < -0.3 is 10.6 Å². The lowest BCUT2D eigenvalue weighted by molar-refractivity contribution is 0.426. The topological polar surface area (TPSA) is 49.8 Å². The SMILES string of the molecule is c1ccc2c(NCCCCC3(Nc4ccnc5ccccc45)CCCC3)ccnc2c1. The normalized spacial score (nSPS) is 15.4. The Hall–Kier alpha value is -3.14. The molecule has 4 heteroatoms. The second kappa shape index (κ2) is 8.93. The van der Waals surface area contributed by atoms with Gasteiger partial charge in [0.15, 0.2) is 0 Å². The number of benzene rings is 2. The van der Waals surface area contributed by atoms with Crippen LogP contribution in [0.3, 0.4) is 0 Å². The molecule has 1 aliphatic rings. The highest BCUT2D eigenvalue weighted by molar-refractivity contribution is 5.91. The van der Waals surface area contributed by atoms with Crippen molar-refractivity contribution >= 4 is 33.2 Å². The molecule has 2 heterocycles. The average Bonchev–Trinajstić information content (AvgIpc) is 3.28. The number of para-hydroxylation sites is 2. The summed E-state index contributed by atoms with van der Waals surface area (Å²) in [4.78, 5) is 8.98. The monoisotopic (exact) mass is 410 g/mol. The predicted octanol–water partition coefficient (Wildman–Crippen LogP) is 6.79. The van der Waals surface area contributed by atoms with Gasteiger partial charge in [-0.2, -0.15) is 0 Å². The molecule has 0 aliphatic heterocycles. The Labute approximate surface area is 184 Å². The summed E-state index contributed by atoms with van der Waals surface area (Å²) >= 11 is 0. The highest BCUT2D eigenvalue weighted by Gasteiger charge is 2.33. The molecule has 0 amide bonds. The zero-order valence-electron chi connectivity index (χ0n) is 18.0. The maximum atomic E-state index is 4.52. The summed E-state index contributed by atoms with van der Waals surface area (Å²) in [5.41, 5.74) is 4.74. The third kappa shape index (κ3) is 4.34. The molecule has 0 radical (unpaired) electrons. The predicted molar refractivity (Wildman–Crippen MR) is 131 cm³/mol. The number of aromatic nitrogens is 2. The van der Waals surface area contributed by atoms with Crippen LogP contribution in [0.5, 0.6) is 0 Å². The number of fused-ring (bicyclic) bond motifs is 2. The minimum absolute atomic E-state index is 0.216. The Bertz CT molecular complexity index is 1150. The molecule has 1 fully saturated rings. The third-order valence-electron chi connectivity index (χ3n) is 6.66. The minimum Gasteiger partial charge on any atom is -0.384 e. The van der Waals surface area contributed by atoms with Crippen LogP contribution in [0.2, 0.25) is 0 Å². The Kier molecular flexibility index (Phi) is 5.70. The molecule has 0 bridgehead atoms. The fourth-order valence-corrected chi connectivity index (χ4v) is 5.04. The number of rotatable bonds is 8. The van der Waals surface area contributed by atoms with Crippen molar-refractivity contribution in [3.05, 3.63) is 73.1 Å². The van der Waals surface area contributed by atoms with E-state index in [1.165, 1.54) is 60.7 Å². The van der Waals surface area contributed by atoms with Crippen molar-refractivity contribution in [1.82, 2.24) is 9.97 Å². The quantitative estimate of drug-likeness (QED) is 0.314. The molecule has 2 N–H and O–H groups in total. The smallest absolute Gasteiger partial charge is 0.0722 e. The maximum Gasteiger partial charge on any atom is 0.0722 e. The fourth-order valence-electron chi connectivity index (χ4n) is 5.04. The molecule has 0 unspecified atom stereocenters. The molecule has 4 nitrogen and oxygen atoms in total. The van der Waals surface area contributed by atoms with Crippen LogP contribution in [0.15, 0.2) is 73.1 Å². The fraction of sp³-hybridized carbons (Fsp3) is 0.333. The van der Waals surface area contributed by atoms with Crippen LogP contribution in [0, 0.1) is 0 Å². The van der Waals surface area contributed by atoms with E-state index in [9.17, 15) is 0 Å². The standard InChI is InChI=1S/C27H30N4/c1-3-11-23-21(9-1)25(13-19-29-23)28-18-8-7-17-27(15-5-6-16-27)31-26-14-20-30-24-12-4-2-10-22(24)26/h1-4,9-14,19-20H,5-8,15-18H2,(H,28,29)(H,30,31). The van der Waals surface area contributed by atoms with Gasteiger partial charge in [-0.1, -0.05) is 49.2 Å². The number of unbranched alkanes of at least 4 members (excludes halogenated alkanes) is 1. The second-order valence-electron chi connectivity index (χ2n) is 8.75. The van der Waals surface area contributed by atoms with E-state index in [2.05, 4.69) is 75.2 Å². The number of nitrogens with zero attached hydrogens (tertiary/aromatic N) is 2. The van der Waals surface area contributed by atoms with Crippen molar-refractivity contribution in [3.63, 3.8) is 0 Å². The lowest BCUT2D eigenvalue weighted by atomic mass is 9.90. The molecule has 158 valence electrons. The van der Waals surface area contributed by atoms with Gasteiger partial charge in [-0.05, 0) is 56.4 Å². The van der Waals surface area contributed by atoms with Gasteiger partial charge in [0.05, 0.1) is 11.0 Å². The first kappa shape index (κ1) is 19.8. The lowest BCUT2D eigenvalue weighted by Crippen LogP contribution is -2.35. The van der Waals surface area contributed by atoms with Crippen LogP contribution >= 0.6 is 0 Å². The molecule has 1 aliphatic carbocycles. The van der Waals surface area contributed by atoms with Crippen LogP contribution in [-0.4, -0.2) is 22.1 Å². The lowest BCUT2D eigenvalue weighted by Gasteiger charge is -2.32. The molecule has 0 spiro atoms. The van der Waals surface area contributed by atoms with E-state index < -0.39 is 0 Å². The van der Waals surface area contributed by atoms with E-state index in [0.29, 0.717) is 0 Å². The van der Waals surface area contributed by atoms with E-state index >= 15 is 0 Å². The second-order valence-corrected chi connectivity index (χ2v) is 8.75. The third-order valence-corrected chi connectivity index (χ3v) is 6.66. The van der Waals surface area contributed by atoms with Crippen molar-refractivity contribution in [2.45, 2.75) is 50.5 Å². The van der Waals surface area contributed by atoms with E-state index in [4.69, 9.17) is 0 Å². The van der Waals surface area contributed by atoms with Gasteiger partial charge in [0, 0.05) is 46.6 Å². The van der Waals surface area contributed by atoms with Crippen molar-refractivity contribution in [3.8, 4) is 0 Å². The molecule has 5 rings (SSSR count). The Balaban J connectivity index is 1.21. The first-order chi connectivity index (χ1) is 15.3. The molecule has 31 heavy (non-hydrogen) atoms. The largest absolute Gasteiger partial charge is 0.384 e. The van der Waals surface area contributed by atoms with E-state index in [-0.39, 0.29) is 5.54 Å². The highest BCUT2D eigenvalue weighted by atomic mass is 15.0. The molecular formula is C27H30N4. The van der Waals surface area contributed by atoms with Gasteiger partial charge in [0.2, 0.25) is 0 Å². The van der Waals surface area contributed by atoms with Crippen LogP contribution in [0.4, 0.5) is 11.4 Å². The average molecular weight is 411 g/mol. The highest BCUT2D eigenvalue weighted by Crippen LogP contribution is 2.38. The van der Waals surface area contributed by atoms with Gasteiger partial charge in [0.25, 0.3) is 0 Å². The zero-order chi connectivity index (χ0) is 20.9. The number of pyridine rings is 2. The van der Waals surface area contributed by atoms with Crippen LogP contribution in [-0.2, 0) is 0 Å². The van der Waals surface area contributed by atoms with Crippen molar-refractivity contribution in [2.24, 2.45) is 0 Å². The van der Waals surface area contributed by atoms with Crippen LogP contribution in [0.1, 0.15) is 44.9 Å². The van der Waals surface area contributed by atoms with Gasteiger partial charge in [-0.25, -0.2) is 0 Å². The molecule has 0 atom stereocenters. The van der Waals surface area contributed by atoms with Crippen molar-refractivity contribution in [1.29, 1.82) is 0 Å².